The smallest absolute Gasteiger partial charge is 0.345 e. The highest BCUT2D eigenvalue weighted by Gasteiger charge is 2.24. The molecule has 10 nitrogen and oxygen atoms in total. The van der Waals surface area contributed by atoms with Gasteiger partial charge in [0.1, 0.15) is 0 Å². The molecule has 162 valence electrons. The summed E-state index contributed by atoms with van der Waals surface area (Å²) in [5.41, 5.74) is 0.141. The summed E-state index contributed by atoms with van der Waals surface area (Å²) < 4.78 is 7.26. The Morgan fingerprint density at radius 1 is 1.16 bits per heavy atom. The van der Waals surface area contributed by atoms with Gasteiger partial charge in [-0.15, -0.1) is 0 Å². The molecular weight excluding hydrogens is 400 g/mol. The predicted molar refractivity (Wildman–Crippen MR) is 112 cm³/mol. The van der Waals surface area contributed by atoms with Crippen molar-refractivity contribution in [2.45, 2.75) is 58.5 Å². The van der Waals surface area contributed by atoms with E-state index in [2.05, 4.69) is 20.6 Å². The number of benzene rings is 1. The van der Waals surface area contributed by atoms with Gasteiger partial charge in [-0.3, -0.25) is 14.2 Å². The molecular formula is C21H24N6O4. The van der Waals surface area contributed by atoms with Crippen LogP contribution in [0.25, 0.3) is 17.2 Å². The Morgan fingerprint density at radius 3 is 2.55 bits per heavy atom. The molecule has 1 amide bonds. The summed E-state index contributed by atoms with van der Waals surface area (Å²) in [7, 11) is 0. The van der Waals surface area contributed by atoms with Gasteiger partial charge >= 0.3 is 17.5 Å². The van der Waals surface area contributed by atoms with E-state index >= 15 is 0 Å². The first kappa shape index (κ1) is 20.7. The number of carbonyl (C=O) groups is 1. The van der Waals surface area contributed by atoms with E-state index in [1.807, 2.05) is 19.1 Å². The standard InChI is InChI=1S/C21H24N6O4/c1-3-26-20(29)16(24-27(21(26)30)15-11-9-13(2)10-12-15)17-23-19(31-25-17)18(28)22-14-7-5-4-6-8-14/h9-12,14H,3-8H2,1-2H3,(H,22,28). The van der Waals surface area contributed by atoms with E-state index in [-0.39, 0.29) is 30.0 Å². The Bertz CT molecular complexity index is 1200. The lowest BCUT2D eigenvalue weighted by Crippen LogP contribution is -2.41. The van der Waals surface area contributed by atoms with Crippen LogP contribution in [-0.2, 0) is 6.54 Å². The number of rotatable bonds is 5. The number of amides is 1. The van der Waals surface area contributed by atoms with Gasteiger partial charge in [-0.05, 0) is 38.8 Å². The minimum atomic E-state index is -0.643. The molecule has 10 heteroatoms. The van der Waals surface area contributed by atoms with Crippen LogP contribution >= 0.6 is 0 Å². The Hall–Kier alpha value is -3.56. The second kappa shape index (κ2) is 8.66. The summed E-state index contributed by atoms with van der Waals surface area (Å²) in [6.45, 7) is 3.76. The number of hydrogen-bond donors (Lipinski definition) is 1. The fourth-order valence-electron chi connectivity index (χ4n) is 3.69. The van der Waals surface area contributed by atoms with Crippen molar-refractivity contribution in [2.75, 3.05) is 0 Å². The second-order valence-corrected chi connectivity index (χ2v) is 7.66. The van der Waals surface area contributed by atoms with Crippen LogP contribution < -0.4 is 16.6 Å². The van der Waals surface area contributed by atoms with Crippen LogP contribution in [0.15, 0.2) is 38.4 Å². The zero-order valence-corrected chi connectivity index (χ0v) is 17.5. The van der Waals surface area contributed by atoms with Gasteiger partial charge < -0.3 is 9.84 Å². The SMILES string of the molecule is CCn1c(=O)c(-c2noc(C(=O)NC3CCCCC3)n2)nn(-c2ccc(C)cc2)c1=O. The third-order valence-electron chi connectivity index (χ3n) is 5.43. The molecule has 1 aliphatic rings. The maximum absolute atomic E-state index is 12.8. The van der Waals surface area contributed by atoms with E-state index in [1.54, 1.807) is 19.1 Å². The summed E-state index contributed by atoms with van der Waals surface area (Å²) in [5.74, 6) is -0.854. The maximum atomic E-state index is 12.8. The van der Waals surface area contributed by atoms with Gasteiger partial charge in [-0.25, -0.2) is 4.79 Å². The zero-order valence-electron chi connectivity index (χ0n) is 17.5. The first-order chi connectivity index (χ1) is 15.0. The fraction of sp³-hybridized carbons (Fsp3) is 0.429. The molecule has 3 aromatic rings. The lowest BCUT2D eigenvalue weighted by atomic mass is 9.95. The quantitative estimate of drug-likeness (QED) is 0.662. The number of carbonyl (C=O) groups excluding carboxylic acids is 1. The Labute approximate surface area is 177 Å². The molecule has 0 atom stereocenters. The highest BCUT2D eigenvalue weighted by atomic mass is 16.5. The summed E-state index contributed by atoms with van der Waals surface area (Å²) >= 11 is 0. The van der Waals surface area contributed by atoms with E-state index in [0.29, 0.717) is 5.69 Å². The minimum Gasteiger partial charge on any atom is -0.345 e. The van der Waals surface area contributed by atoms with Gasteiger partial charge in [0.2, 0.25) is 5.82 Å². The van der Waals surface area contributed by atoms with E-state index in [9.17, 15) is 14.4 Å². The molecule has 0 aliphatic heterocycles. The monoisotopic (exact) mass is 424 g/mol. The van der Waals surface area contributed by atoms with Crippen molar-refractivity contribution in [3.05, 3.63) is 56.6 Å². The number of aromatic nitrogens is 5. The van der Waals surface area contributed by atoms with Crippen molar-refractivity contribution in [3.8, 4) is 17.2 Å². The molecule has 0 unspecified atom stereocenters. The van der Waals surface area contributed by atoms with Crippen molar-refractivity contribution in [1.29, 1.82) is 0 Å². The number of nitrogens with one attached hydrogen (secondary N) is 1. The first-order valence-electron chi connectivity index (χ1n) is 10.4. The average molecular weight is 424 g/mol. The number of aryl methyl sites for hydroxylation is 1. The lowest BCUT2D eigenvalue weighted by Gasteiger charge is -2.21. The Morgan fingerprint density at radius 2 is 1.87 bits per heavy atom. The zero-order chi connectivity index (χ0) is 22.0. The van der Waals surface area contributed by atoms with Crippen LogP contribution in [-0.4, -0.2) is 36.4 Å². The van der Waals surface area contributed by atoms with Gasteiger partial charge in [0, 0.05) is 12.6 Å². The van der Waals surface area contributed by atoms with Gasteiger partial charge in [-0.2, -0.15) is 14.8 Å². The molecule has 1 aromatic carbocycles. The van der Waals surface area contributed by atoms with E-state index in [4.69, 9.17) is 4.52 Å². The van der Waals surface area contributed by atoms with Crippen molar-refractivity contribution in [1.82, 2.24) is 29.8 Å². The molecule has 2 aromatic heterocycles. The third-order valence-corrected chi connectivity index (χ3v) is 5.43. The van der Waals surface area contributed by atoms with Crippen LogP contribution in [0, 0.1) is 6.92 Å². The number of hydrogen-bond acceptors (Lipinski definition) is 7. The van der Waals surface area contributed by atoms with Crippen LogP contribution in [0.4, 0.5) is 0 Å². The highest BCUT2D eigenvalue weighted by Crippen LogP contribution is 2.18. The second-order valence-electron chi connectivity index (χ2n) is 7.66. The van der Waals surface area contributed by atoms with E-state index in [1.165, 1.54) is 6.42 Å². The predicted octanol–water partition coefficient (Wildman–Crippen LogP) is 1.84. The summed E-state index contributed by atoms with van der Waals surface area (Å²) in [4.78, 5) is 42.1. The van der Waals surface area contributed by atoms with Crippen LogP contribution in [0.2, 0.25) is 0 Å². The molecule has 1 saturated carbocycles. The average Bonchev–Trinajstić information content (AvgIpc) is 3.26. The molecule has 1 N–H and O–H groups in total. The molecule has 0 saturated heterocycles. The molecule has 0 spiro atoms. The van der Waals surface area contributed by atoms with Gasteiger partial charge in [0.05, 0.1) is 5.69 Å². The first-order valence-corrected chi connectivity index (χ1v) is 10.4. The number of nitrogens with zero attached hydrogens (tertiary/aromatic N) is 5. The lowest BCUT2D eigenvalue weighted by molar-refractivity contribution is 0.0883. The normalized spacial score (nSPS) is 14.5. The van der Waals surface area contributed by atoms with Gasteiger partial charge in [-0.1, -0.05) is 42.1 Å². The fourth-order valence-corrected chi connectivity index (χ4v) is 3.69. The van der Waals surface area contributed by atoms with Crippen LogP contribution in [0.3, 0.4) is 0 Å². The van der Waals surface area contributed by atoms with Gasteiger partial charge in [0.25, 0.3) is 5.56 Å². The Balaban J connectivity index is 1.70. The van der Waals surface area contributed by atoms with Crippen molar-refractivity contribution in [2.24, 2.45) is 0 Å². The summed E-state index contributed by atoms with van der Waals surface area (Å²) in [5, 5.41) is 10.9. The van der Waals surface area contributed by atoms with Crippen LogP contribution in [0.5, 0.6) is 0 Å². The van der Waals surface area contributed by atoms with E-state index < -0.39 is 17.2 Å². The molecule has 0 radical (unpaired) electrons. The van der Waals surface area contributed by atoms with Gasteiger partial charge in [0.15, 0.2) is 5.69 Å². The molecule has 1 aliphatic carbocycles. The molecule has 4 rings (SSSR count). The van der Waals surface area contributed by atoms with Crippen molar-refractivity contribution >= 4 is 5.91 Å². The summed E-state index contributed by atoms with van der Waals surface area (Å²) in [6.07, 6.45) is 5.14. The molecule has 31 heavy (non-hydrogen) atoms. The largest absolute Gasteiger partial charge is 0.352 e. The Kier molecular flexibility index (Phi) is 5.79. The maximum Gasteiger partial charge on any atom is 0.352 e. The minimum absolute atomic E-state index is 0.0792. The summed E-state index contributed by atoms with van der Waals surface area (Å²) in [6, 6.07) is 7.23. The van der Waals surface area contributed by atoms with Crippen LogP contribution in [0.1, 0.15) is 55.3 Å². The third kappa shape index (κ3) is 4.18. The van der Waals surface area contributed by atoms with Crippen molar-refractivity contribution < 1.29 is 9.32 Å². The van der Waals surface area contributed by atoms with Crippen molar-refractivity contribution in [3.63, 3.8) is 0 Å². The topological polar surface area (TPSA) is 125 Å². The molecule has 1 fully saturated rings. The highest BCUT2D eigenvalue weighted by molar-refractivity contribution is 5.90. The molecule has 0 bridgehead atoms. The van der Waals surface area contributed by atoms with E-state index in [0.717, 1.165) is 40.5 Å². The molecule has 2 heterocycles.